The molecule has 1 N–H and O–H groups in total. The molecule has 84 valence electrons. The maximum atomic E-state index is 9.94. The van der Waals surface area contributed by atoms with Gasteiger partial charge in [-0.2, -0.15) is 0 Å². The van der Waals surface area contributed by atoms with Gasteiger partial charge < -0.3 is 9.90 Å². The van der Waals surface area contributed by atoms with Crippen LogP contribution in [-0.2, 0) is 4.79 Å². The van der Waals surface area contributed by atoms with Gasteiger partial charge in [-0.05, 0) is 6.42 Å². The molecule has 0 saturated heterocycles. The second-order valence-electron chi connectivity index (χ2n) is 3.26. The second-order valence-corrected chi connectivity index (χ2v) is 3.26. The molecule has 0 aliphatic heterocycles. The molecule has 0 aromatic rings. The van der Waals surface area contributed by atoms with E-state index >= 15 is 0 Å². The Bertz CT molecular complexity index is 111. The molecular weight excluding hydrogens is 176 g/mol. The zero-order valence-electron chi connectivity index (χ0n) is 9.37. The predicted octanol–water partition coefficient (Wildman–Crippen LogP) is 4.01. The first-order chi connectivity index (χ1) is 6.83. The zero-order chi connectivity index (χ0) is 11.1. The average molecular weight is 200 g/mol. The van der Waals surface area contributed by atoms with E-state index < -0.39 is 0 Å². The molecule has 0 aliphatic carbocycles. The molecule has 0 saturated carbocycles. The maximum absolute atomic E-state index is 9.94. The number of carbonyl (C=O) groups is 1. The Morgan fingerprint density at radius 3 is 1.93 bits per heavy atom. The summed E-state index contributed by atoms with van der Waals surface area (Å²) in [6.07, 6.45) is 11.6. The fourth-order valence-electron chi connectivity index (χ4n) is 1.18. The van der Waals surface area contributed by atoms with Gasteiger partial charge in [0.15, 0.2) is 0 Å². The van der Waals surface area contributed by atoms with E-state index in [-0.39, 0.29) is 0 Å². The highest BCUT2D eigenvalue weighted by atomic mass is 16.2. The lowest BCUT2D eigenvalue weighted by Gasteiger charge is -1.97. The number of rotatable bonds is 8. The van der Waals surface area contributed by atoms with E-state index in [9.17, 15) is 4.79 Å². The highest BCUT2D eigenvalue weighted by Gasteiger charge is 1.89. The van der Waals surface area contributed by atoms with Gasteiger partial charge in [-0.25, -0.2) is 0 Å². The van der Waals surface area contributed by atoms with Crippen LogP contribution in [0.25, 0.3) is 0 Å². The van der Waals surface area contributed by atoms with Crippen molar-refractivity contribution in [2.45, 2.75) is 58.3 Å². The number of unbranched alkanes of at least 4 members (excludes halogenated alkanes) is 7. The maximum Gasteiger partial charge on any atom is 0.119 e. The molecule has 2 nitrogen and oxygen atoms in total. The van der Waals surface area contributed by atoms with Gasteiger partial charge in [0, 0.05) is 6.42 Å². The van der Waals surface area contributed by atoms with Crippen molar-refractivity contribution in [1.29, 1.82) is 0 Å². The lowest BCUT2D eigenvalue weighted by molar-refractivity contribution is -0.107. The van der Waals surface area contributed by atoms with Gasteiger partial charge in [-0.1, -0.05) is 52.0 Å². The Hall–Kier alpha value is -0.790. The highest BCUT2D eigenvalue weighted by molar-refractivity contribution is 5.48. The molecule has 0 heterocycles. The van der Waals surface area contributed by atoms with Gasteiger partial charge in [-0.15, -0.1) is 0 Å². The standard InChI is InChI=1S/C10H20O.C2H4O/c1-2-3-4-5-6-7-8-9-10-11;1-2-3/h10H,2-9H2,1H3;2-3H,1H2. The van der Waals surface area contributed by atoms with Crippen molar-refractivity contribution in [2.24, 2.45) is 0 Å². The Morgan fingerprint density at radius 2 is 1.50 bits per heavy atom. The van der Waals surface area contributed by atoms with Gasteiger partial charge in [0.05, 0.1) is 6.26 Å². The fraction of sp³-hybridized carbons (Fsp3) is 0.750. The minimum absolute atomic E-state index is 0.750. The minimum atomic E-state index is 0.750. The SMILES string of the molecule is C=CO.CCCCCCCCCC=O. The van der Waals surface area contributed by atoms with E-state index in [0.717, 1.165) is 25.4 Å². The summed E-state index contributed by atoms with van der Waals surface area (Å²) >= 11 is 0. The van der Waals surface area contributed by atoms with E-state index in [2.05, 4.69) is 13.5 Å². The van der Waals surface area contributed by atoms with Crippen LogP contribution >= 0.6 is 0 Å². The number of hydrogen-bond acceptors (Lipinski definition) is 2. The molecule has 0 aromatic carbocycles. The first-order valence-electron chi connectivity index (χ1n) is 5.52. The van der Waals surface area contributed by atoms with E-state index in [1.165, 1.54) is 38.5 Å². The van der Waals surface area contributed by atoms with Gasteiger partial charge in [0.1, 0.15) is 6.29 Å². The van der Waals surface area contributed by atoms with E-state index in [1.807, 2.05) is 0 Å². The third-order valence-electron chi connectivity index (χ3n) is 1.93. The summed E-state index contributed by atoms with van der Waals surface area (Å²) in [6, 6.07) is 0. The van der Waals surface area contributed by atoms with Gasteiger partial charge in [0.25, 0.3) is 0 Å². The molecule has 0 atom stereocenters. The molecule has 0 unspecified atom stereocenters. The van der Waals surface area contributed by atoms with Crippen molar-refractivity contribution in [3.8, 4) is 0 Å². The quantitative estimate of drug-likeness (QED) is 0.365. The molecule has 0 spiro atoms. The lowest BCUT2D eigenvalue weighted by Crippen LogP contribution is -1.80. The molecule has 0 fully saturated rings. The summed E-state index contributed by atoms with van der Waals surface area (Å²) in [5, 5.41) is 7.33. The van der Waals surface area contributed by atoms with E-state index in [1.54, 1.807) is 0 Å². The normalized spacial score (nSPS) is 8.64. The number of aliphatic hydroxyl groups is 1. The molecule has 0 radical (unpaired) electrons. The number of aliphatic hydroxyl groups excluding tert-OH is 1. The first kappa shape index (κ1) is 15.7. The molecule has 0 rings (SSSR count). The van der Waals surface area contributed by atoms with Crippen molar-refractivity contribution in [2.75, 3.05) is 0 Å². The van der Waals surface area contributed by atoms with Crippen LogP contribution in [0.15, 0.2) is 12.8 Å². The monoisotopic (exact) mass is 200 g/mol. The Labute approximate surface area is 88.0 Å². The first-order valence-corrected chi connectivity index (χ1v) is 5.52. The van der Waals surface area contributed by atoms with Crippen LogP contribution in [0.5, 0.6) is 0 Å². The van der Waals surface area contributed by atoms with Gasteiger partial charge >= 0.3 is 0 Å². The van der Waals surface area contributed by atoms with Gasteiger partial charge in [-0.3, -0.25) is 0 Å². The highest BCUT2D eigenvalue weighted by Crippen LogP contribution is 2.07. The topological polar surface area (TPSA) is 37.3 Å². The molecule has 0 bridgehead atoms. The van der Waals surface area contributed by atoms with Gasteiger partial charge in [0.2, 0.25) is 0 Å². The van der Waals surface area contributed by atoms with Crippen molar-refractivity contribution in [3.05, 3.63) is 12.8 Å². The Kier molecular flexibility index (Phi) is 20.2. The van der Waals surface area contributed by atoms with Crippen LogP contribution in [0.3, 0.4) is 0 Å². The summed E-state index contributed by atoms with van der Waals surface area (Å²) in [7, 11) is 0. The van der Waals surface area contributed by atoms with Crippen LogP contribution in [0.2, 0.25) is 0 Å². The van der Waals surface area contributed by atoms with Crippen LogP contribution in [0, 0.1) is 0 Å². The van der Waals surface area contributed by atoms with Crippen LogP contribution < -0.4 is 0 Å². The third kappa shape index (κ3) is 22.5. The molecular formula is C12H24O2. The lowest BCUT2D eigenvalue weighted by atomic mass is 10.1. The smallest absolute Gasteiger partial charge is 0.119 e. The summed E-state index contributed by atoms with van der Waals surface area (Å²) in [5.41, 5.74) is 0. The largest absolute Gasteiger partial charge is 0.516 e. The van der Waals surface area contributed by atoms with E-state index in [4.69, 9.17) is 5.11 Å². The molecule has 0 amide bonds. The number of aldehydes is 1. The summed E-state index contributed by atoms with van der Waals surface area (Å²) in [4.78, 5) is 9.94. The molecule has 0 aliphatic rings. The Morgan fingerprint density at radius 1 is 1.07 bits per heavy atom. The fourth-order valence-corrected chi connectivity index (χ4v) is 1.18. The summed E-state index contributed by atoms with van der Waals surface area (Å²) in [6.45, 7) is 5.15. The van der Waals surface area contributed by atoms with Crippen LogP contribution in [-0.4, -0.2) is 11.4 Å². The molecule has 0 aromatic heterocycles. The van der Waals surface area contributed by atoms with Crippen molar-refractivity contribution in [3.63, 3.8) is 0 Å². The van der Waals surface area contributed by atoms with Crippen LogP contribution in [0.4, 0.5) is 0 Å². The summed E-state index contributed by atoms with van der Waals surface area (Å²) < 4.78 is 0. The summed E-state index contributed by atoms with van der Waals surface area (Å²) in [5.74, 6) is 0. The minimum Gasteiger partial charge on any atom is -0.516 e. The van der Waals surface area contributed by atoms with Crippen molar-refractivity contribution < 1.29 is 9.90 Å². The van der Waals surface area contributed by atoms with Crippen LogP contribution in [0.1, 0.15) is 58.3 Å². The number of hydrogen-bond donors (Lipinski definition) is 1. The predicted molar refractivity (Wildman–Crippen MR) is 61.5 cm³/mol. The number of carbonyl (C=O) groups excluding carboxylic acids is 1. The molecule has 14 heavy (non-hydrogen) atoms. The molecule has 2 heteroatoms. The van der Waals surface area contributed by atoms with Crippen molar-refractivity contribution in [1.82, 2.24) is 0 Å². The second kappa shape index (κ2) is 18.1. The van der Waals surface area contributed by atoms with E-state index in [0.29, 0.717) is 0 Å². The zero-order valence-corrected chi connectivity index (χ0v) is 9.37. The van der Waals surface area contributed by atoms with Crippen molar-refractivity contribution >= 4 is 6.29 Å². The Balaban J connectivity index is 0. The average Bonchev–Trinajstić information content (AvgIpc) is 2.18. The third-order valence-corrected chi connectivity index (χ3v) is 1.93.